The highest BCUT2D eigenvalue weighted by atomic mass is 16.5. The molecule has 7 nitrogen and oxygen atoms in total. The van der Waals surface area contributed by atoms with E-state index >= 15 is 0 Å². The van der Waals surface area contributed by atoms with Crippen molar-refractivity contribution in [2.24, 2.45) is 11.8 Å². The van der Waals surface area contributed by atoms with Crippen molar-refractivity contribution in [1.29, 1.82) is 0 Å². The van der Waals surface area contributed by atoms with Crippen molar-refractivity contribution in [2.45, 2.75) is 31.5 Å². The highest BCUT2D eigenvalue weighted by Crippen LogP contribution is 2.41. The van der Waals surface area contributed by atoms with Gasteiger partial charge in [0.1, 0.15) is 5.75 Å². The number of aliphatic hydroxyl groups is 1. The molecule has 2 fully saturated rings. The Morgan fingerprint density at radius 2 is 1.72 bits per heavy atom. The second kappa shape index (κ2) is 7.93. The first-order chi connectivity index (χ1) is 14.2. The Kier molecular flexibility index (Phi) is 4.99. The molecule has 0 amide bonds. The molecule has 150 valence electrons. The lowest BCUT2D eigenvalue weighted by atomic mass is 9.77. The fraction of sp³-hybridized carbons (Fsp3) is 0.409. The van der Waals surface area contributed by atoms with Gasteiger partial charge in [-0.3, -0.25) is 9.58 Å². The van der Waals surface area contributed by atoms with E-state index in [1.165, 1.54) is 5.56 Å². The van der Waals surface area contributed by atoms with E-state index in [0.717, 1.165) is 38.2 Å². The highest BCUT2D eigenvalue weighted by Gasteiger charge is 2.42. The van der Waals surface area contributed by atoms with Crippen molar-refractivity contribution in [3.63, 3.8) is 0 Å². The largest absolute Gasteiger partial charge is 0.424 e. The Bertz CT molecular complexity index is 916. The van der Waals surface area contributed by atoms with E-state index in [9.17, 15) is 5.11 Å². The molecule has 1 aromatic carbocycles. The molecule has 1 aliphatic heterocycles. The Morgan fingerprint density at radius 1 is 0.966 bits per heavy atom. The lowest BCUT2D eigenvalue weighted by Crippen LogP contribution is -2.36. The average molecular weight is 391 g/mol. The summed E-state index contributed by atoms with van der Waals surface area (Å²) in [6.45, 7) is 3.03. The first-order valence-corrected chi connectivity index (χ1v) is 10.2. The fourth-order valence-corrected chi connectivity index (χ4v) is 4.76. The van der Waals surface area contributed by atoms with Crippen molar-refractivity contribution in [3.05, 3.63) is 66.7 Å². The minimum Gasteiger partial charge on any atom is -0.424 e. The summed E-state index contributed by atoms with van der Waals surface area (Å²) in [6.07, 6.45) is 8.62. The van der Waals surface area contributed by atoms with E-state index in [-0.39, 0.29) is 12.1 Å². The maximum atomic E-state index is 10.6. The Balaban J connectivity index is 1.19. The van der Waals surface area contributed by atoms with Gasteiger partial charge in [0.2, 0.25) is 0 Å². The van der Waals surface area contributed by atoms with Gasteiger partial charge in [0.05, 0.1) is 12.1 Å². The van der Waals surface area contributed by atoms with Gasteiger partial charge in [0.15, 0.2) is 0 Å². The summed E-state index contributed by atoms with van der Waals surface area (Å²) >= 11 is 0. The normalized spacial score (nSPS) is 26.9. The number of nitrogens with zero attached hydrogens (tertiary/aromatic N) is 5. The number of benzene rings is 1. The van der Waals surface area contributed by atoms with Gasteiger partial charge in [-0.15, -0.1) is 0 Å². The molecule has 1 saturated carbocycles. The van der Waals surface area contributed by atoms with Crippen LogP contribution in [-0.4, -0.2) is 48.9 Å². The minimum absolute atomic E-state index is 0.0998. The molecule has 2 aromatic heterocycles. The predicted molar refractivity (Wildman–Crippen MR) is 107 cm³/mol. The van der Waals surface area contributed by atoms with Crippen LogP contribution >= 0.6 is 0 Å². The maximum absolute atomic E-state index is 10.6. The lowest BCUT2D eigenvalue weighted by molar-refractivity contribution is 0.0306. The zero-order valence-electron chi connectivity index (χ0n) is 16.2. The first kappa shape index (κ1) is 18.3. The van der Waals surface area contributed by atoms with Gasteiger partial charge in [-0.05, 0) is 54.5 Å². The predicted octanol–water partition coefficient (Wildman–Crippen LogP) is 2.91. The molecule has 29 heavy (non-hydrogen) atoms. The van der Waals surface area contributed by atoms with Crippen molar-refractivity contribution in [1.82, 2.24) is 24.6 Å². The third-order valence-corrected chi connectivity index (χ3v) is 6.13. The maximum Gasteiger partial charge on any atom is 0.321 e. The van der Waals surface area contributed by atoms with Crippen LogP contribution in [-0.2, 0) is 6.54 Å². The number of aliphatic hydroxyl groups excluding tert-OH is 1. The van der Waals surface area contributed by atoms with Gasteiger partial charge in [-0.25, -0.2) is 9.97 Å². The van der Waals surface area contributed by atoms with E-state index < -0.39 is 0 Å². The molecule has 7 heteroatoms. The fourth-order valence-electron chi connectivity index (χ4n) is 4.76. The molecule has 1 aliphatic carbocycles. The summed E-state index contributed by atoms with van der Waals surface area (Å²) in [5.41, 5.74) is 1.26. The van der Waals surface area contributed by atoms with E-state index in [0.29, 0.717) is 17.8 Å². The van der Waals surface area contributed by atoms with Crippen LogP contribution in [0, 0.1) is 11.8 Å². The Morgan fingerprint density at radius 3 is 2.45 bits per heavy atom. The molecule has 1 N–H and O–H groups in total. The minimum atomic E-state index is -0.312. The summed E-state index contributed by atoms with van der Waals surface area (Å²) in [4.78, 5) is 10.7. The van der Waals surface area contributed by atoms with Gasteiger partial charge in [0, 0.05) is 44.4 Å². The molecule has 3 aromatic rings. The lowest BCUT2D eigenvalue weighted by Gasteiger charge is -2.35. The summed E-state index contributed by atoms with van der Waals surface area (Å²) in [6, 6.07) is 12.3. The molecule has 5 rings (SSSR count). The second-order valence-corrected chi connectivity index (χ2v) is 8.08. The van der Waals surface area contributed by atoms with E-state index in [2.05, 4.69) is 32.1 Å². The van der Waals surface area contributed by atoms with Crippen molar-refractivity contribution >= 4 is 0 Å². The number of likely N-dealkylation sites (tertiary alicyclic amines) is 1. The zero-order valence-corrected chi connectivity index (χ0v) is 16.2. The molecule has 3 heterocycles. The molecule has 1 saturated heterocycles. The summed E-state index contributed by atoms with van der Waals surface area (Å²) in [7, 11) is 0. The van der Waals surface area contributed by atoms with Crippen LogP contribution in [0.25, 0.3) is 0 Å². The third-order valence-electron chi connectivity index (χ3n) is 6.13. The van der Waals surface area contributed by atoms with Crippen LogP contribution < -0.4 is 4.74 Å². The van der Waals surface area contributed by atoms with Crippen LogP contribution in [0.4, 0.5) is 0 Å². The molecule has 0 bridgehead atoms. The standard InChI is InChI=1S/C22H25N5O2/c28-21-12-18-15-26(14-17(18)11-20(21)27-10-2-9-25-27)13-16-3-5-19(6-4-16)29-22-23-7-1-8-24-22/h1-10,17-18,20-21,28H,11-15H2/t17-,18+,20-,21-/m1/s1. The summed E-state index contributed by atoms with van der Waals surface area (Å²) in [5.74, 6) is 1.92. The first-order valence-electron chi connectivity index (χ1n) is 10.2. The van der Waals surface area contributed by atoms with Gasteiger partial charge >= 0.3 is 6.01 Å². The Labute approximate surface area is 170 Å². The van der Waals surface area contributed by atoms with Crippen LogP contribution in [0.3, 0.4) is 0 Å². The number of ether oxygens (including phenoxy) is 1. The molecular weight excluding hydrogens is 366 g/mol. The molecule has 4 atom stereocenters. The van der Waals surface area contributed by atoms with Crippen molar-refractivity contribution < 1.29 is 9.84 Å². The smallest absolute Gasteiger partial charge is 0.321 e. The molecule has 0 unspecified atom stereocenters. The third kappa shape index (κ3) is 4.02. The van der Waals surface area contributed by atoms with Crippen LogP contribution in [0.1, 0.15) is 24.4 Å². The van der Waals surface area contributed by atoms with Gasteiger partial charge in [-0.2, -0.15) is 5.10 Å². The monoisotopic (exact) mass is 391 g/mol. The number of aromatic nitrogens is 4. The van der Waals surface area contributed by atoms with Crippen molar-refractivity contribution in [2.75, 3.05) is 13.1 Å². The number of hydrogen-bond donors (Lipinski definition) is 1. The summed E-state index contributed by atoms with van der Waals surface area (Å²) in [5, 5.41) is 15.0. The van der Waals surface area contributed by atoms with E-state index in [4.69, 9.17) is 4.74 Å². The van der Waals surface area contributed by atoms with E-state index in [1.54, 1.807) is 24.7 Å². The van der Waals surface area contributed by atoms with Crippen LogP contribution in [0.2, 0.25) is 0 Å². The molecule has 0 spiro atoms. The summed E-state index contributed by atoms with van der Waals surface area (Å²) < 4.78 is 7.60. The molecular formula is C22H25N5O2. The zero-order chi connectivity index (χ0) is 19.6. The van der Waals surface area contributed by atoms with Crippen LogP contribution in [0.5, 0.6) is 11.8 Å². The average Bonchev–Trinajstić information content (AvgIpc) is 3.39. The number of hydrogen-bond acceptors (Lipinski definition) is 6. The number of fused-ring (bicyclic) bond motifs is 1. The SMILES string of the molecule is O[C@@H]1C[C@H]2CN(Cc3ccc(Oc4ncccn4)cc3)C[C@H]2C[C@H]1n1cccn1. The molecule has 2 aliphatic rings. The van der Waals surface area contributed by atoms with Gasteiger partial charge in [-0.1, -0.05) is 12.1 Å². The topological polar surface area (TPSA) is 76.3 Å². The quantitative estimate of drug-likeness (QED) is 0.721. The van der Waals surface area contributed by atoms with Crippen molar-refractivity contribution in [3.8, 4) is 11.8 Å². The van der Waals surface area contributed by atoms with Crippen LogP contribution in [0.15, 0.2) is 61.2 Å². The molecule has 0 radical (unpaired) electrons. The Hall–Kier alpha value is -2.77. The second-order valence-electron chi connectivity index (χ2n) is 8.08. The van der Waals surface area contributed by atoms with E-state index in [1.807, 2.05) is 29.1 Å². The highest BCUT2D eigenvalue weighted by molar-refractivity contribution is 5.29. The van der Waals surface area contributed by atoms with Gasteiger partial charge < -0.3 is 9.84 Å². The van der Waals surface area contributed by atoms with Gasteiger partial charge in [0.25, 0.3) is 0 Å². The number of rotatable bonds is 5.